The number of pyridine rings is 1. The van der Waals surface area contributed by atoms with Crippen molar-refractivity contribution >= 4 is 46.6 Å². The minimum absolute atomic E-state index is 0.00603. The average molecular weight is 593 g/mol. The summed E-state index contributed by atoms with van der Waals surface area (Å²) < 4.78 is 28.0. The van der Waals surface area contributed by atoms with E-state index in [1.807, 2.05) is 0 Å². The van der Waals surface area contributed by atoms with Crippen molar-refractivity contribution in [2.24, 2.45) is 22.6 Å². The molecule has 0 atom stereocenters. The third-order valence-electron chi connectivity index (χ3n) is 7.05. The molecule has 1 aromatic carbocycles. The SMILES string of the molecule is NC=C(C(=O)N(CC(=O)c1c(Cl)cncc1Cl)Cc1cc(F)cc(F)c1)C(=NC1CCC(C(=O)O)CC1)C1CC1. The Hall–Kier alpha value is -3.37. The zero-order valence-corrected chi connectivity index (χ0v) is 23.0. The number of halogens is 4. The van der Waals surface area contributed by atoms with E-state index >= 15 is 0 Å². The lowest BCUT2D eigenvalue weighted by Gasteiger charge is -2.27. The van der Waals surface area contributed by atoms with Gasteiger partial charge in [-0.25, -0.2) is 8.78 Å². The summed E-state index contributed by atoms with van der Waals surface area (Å²) in [7, 11) is 0. The second-order valence-corrected chi connectivity index (χ2v) is 10.9. The van der Waals surface area contributed by atoms with E-state index in [-0.39, 0.29) is 45.2 Å². The first kappa shape index (κ1) is 29.6. The van der Waals surface area contributed by atoms with Crippen LogP contribution in [0, 0.1) is 23.5 Å². The Labute approximate surface area is 239 Å². The van der Waals surface area contributed by atoms with Crippen LogP contribution in [0.15, 0.2) is 47.4 Å². The molecular formula is C28H28Cl2F2N4O4. The van der Waals surface area contributed by atoms with Gasteiger partial charge in [-0.1, -0.05) is 23.2 Å². The number of nitrogens with two attached hydrogens (primary N) is 1. The Morgan fingerprint density at radius 1 is 1.00 bits per heavy atom. The number of aliphatic carboxylic acids is 1. The first-order valence-corrected chi connectivity index (χ1v) is 13.6. The number of carbonyl (C=O) groups excluding carboxylic acids is 2. The van der Waals surface area contributed by atoms with E-state index in [1.165, 1.54) is 12.4 Å². The molecule has 8 nitrogen and oxygen atoms in total. The zero-order chi connectivity index (χ0) is 29.0. The summed E-state index contributed by atoms with van der Waals surface area (Å²) in [6, 6.07) is 2.68. The van der Waals surface area contributed by atoms with Gasteiger partial charge in [-0.2, -0.15) is 0 Å². The number of ketones is 1. The molecule has 1 aromatic heterocycles. The molecule has 2 saturated carbocycles. The van der Waals surface area contributed by atoms with E-state index in [4.69, 9.17) is 33.9 Å². The number of Topliss-reactive ketones (excluding diaryl/α,β-unsaturated/α-hetero) is 1. The first-order valence-electron chi connectivity index (χ1n) is 12.9. The largest absolute Gasteiger partial charge is 0.481 e. The van der Waals surface area contributed by atoms with Gasteiger partial charge in [-0.15, -0.1) is 0 Å². The van der Waals surface area contributed by atoms with Gasteiger partial charge < -0.3 is 15.7 Å². The van der Waals surface area contributed by atoms with Crippen molar-refractivity contribution in [3.8, 4) is 0 Å². The van der Waals surface area contributed by atoms with Crippen molar-refractivity contribution in [1.29, 1.82) is 0 Å². The molecule has 2 aliphatic rings. The highest BCUT2D eigenvalue weighted by Gasteiger charge is 2.36. The van der Waals surface area contributed by atoms with E-state index in [0.29, 0.717) is 37.5 Å². The molecule has 1 heterocycles. The molecule has 0 bridgehead atoms. The van der Waals surface area contributed by atoms with Crippen LogP contribution in [0.3, 0.4) is 0 Å². The lowest BCUT2D eigenvalue weighted by molar-refractivity contribution is -0.142. The second kappa shape index (κ2) is 12.9. The topological polar surface area (TPSA) is 126 Å². The second-order valence-electron chi connectivity index (χ2n) is 10.1. The van der Waals surface area contributed by atoms with E-state index < -0.39 is 41.8 Å². The van der Waals surface area contributed by atoms with Crippen LogP contribution in [0.2, 0.25) is 10.0 Å². The number of nitrogens with zero attached hydrogens (tertiary/aromatic N) is 3. The van der Waals surface area contributed by atoms with Gasteiger partial charge in [0, 0.05) is 37.1 Å². The molecule has 2 fully saturated rings. The Kier molecular flexibility index (Phi) is 9.52. The molecular weight excluding hydrogens is 565 g/mol. The van der Waals surface area contributed by atoms with Crippen LogP contribution in [0.5, 0.6) is 0 Å². The molecule has 0 saturated heterocycles. The molecule has 40 heavy (non-hydrogen) atoms. The summed E-state index contributed by atoms with van der Waals surface area (Å²) in [6.45, 7) is -0.821. The molecule has 212 valence electrons. The molecule has 3 N–H and O–H groups in total. The number of carboxylic acid groups (broad SMARTS) is 1. The van der Waals surface area contributed by atoms with Crippen molar-refractivity contribution in [2.45, 2.75) is 51.1 Å². The third kappa shape index (κ3) is 7.22. The maximum absolute atomic E-state index is 14.0. The predicted molar refractivity (Wildman–Crippen MR) is 146 cm³/mol. The number of hydrogen-bond acceptors (Lipinski definition) is 6. The quantitative estimate of drug-likeness (QED) is 0.221. The average Bonchev–Trinajstić information content (AvgIpc) is 3.73. The predicted octanol–water partition coefficient (Wildman–Crippen LogP) is 5.22. The monoisotopic (exact) mass is 592 g/mol. The fourth-order valence-electron chi connectivity index (χ4n) is 4.89. The van der Waals surface area contributed by atoms with Crippen LogP contribution in [-0.4, -0.2) is 50.9 Å². The molecule has 12 heteroatoms. The number of aliphatic imine (C=N–C) groups is 1. The maximum atomic E-state index is 14.0. The van der Waals surface area contributed by atoms with Crippen LogP contribution in [0.1, 0.15) is 54.4 Å². The van der Waals surface area contributed by atoms with Crippen LogP contribution in [0.4, 0.5) is 8.78 Å². The summed E-state index contributed by atoms with van der Waals surface area (Å²) in [6.07, 6.45) is 7.30. The highest BCUT2D eigenvalue weighted by molar-refractivity contribution is 6.39. The summed E-state index contributed by atoms with van der Waals surface area (Å²) in [4.78, 5) is 48.4. The van der Waals surface area contributed by atoms with Gasteiger partial charge >= 0.3 is 5.97 Å². The van der Waals surface area contributed by atoms with Gasteiger partial charge in [0.1, 0.15) is 11.6 Å². The van der Waals surface area contributed by atoms with Crippen molar-refractivity contribution in [3.63, 3.8) is 0 Å². The van der Waals surface area contributed by atoms with Crippen molar-refractivity contribution in [3.05, 3.63) is 75.2 Å². The van der Waals surface area contributed by atoms with E-state index in [0.717, 1.165) is 36.1 Å². The van der Waals surface area contributed by atoms with Gasteiger partial charge in [0.25, 0.3) is 5.91 Å². The molecule has 1 amide bonds. The third-order valence-corrected chi connectivity index (χ3v) is 7.63. The summed E-state index contributed by atoms with van der Waals surface area (Å²) >= 11 is 12.3. The number of aromatic nitrogens is 1. The van der Waals surface area contributed by atoms with Crippen molar-refractivity contribution in [2.75, 3.05) is 6.54 Å². The number of benzene rings is 1. The fraction of sp³-hybridized carbons (Fsp3) is 0.393. The standard InChI is InChI=1S/C28H28Cl2F2N4O4/c29-22-11-34-12-23(30)25(22)24(37)14-36(13-15-7-18(31)9-19(32)8-15)27(38)21(10-33)26(16-1-2-16)35-20-5-3-17(4-6-20)28(39)40/h7-12,16-17,20H,1-6,13-14,33H2,(H,39,40). The lowest BCUT2D eigenvalue weighted by Crippen LogP contribution is -2.39. The Bertz CT molecular complexity index is 1330. The van der Waals surface area contributed by atoms with Gasteiger partial charge in [-0.3, -0.25) is 24.4 Å². The zero-order valence-electron chi connectivity index (χ0n) is 21.5. The number of carboxylic acids is 1. The number of rotatable bonds is 10. The van der Waals surface area contributed by atoms with Gasteiger partial charge in [0.15, 0.2) is 5.78 Å². The minimum Gasteiger partial charge on any atom is -0.481 e. The van der Waals surface area contributed by atoms with Gasteiger partial charge in [0.05, 0.1) is 45.4 Å². The maximum Gasteiger partial charge on any atom is 0.306 e. The lowest BCUT2D eigenvalue weighted by atomic mass is 9.86. The van der Waals surface area contributed by atoms with E-state index in [1.54, 1.807) is 0 Å². The number of carbonyl (C=O) groups is 3. The molecule has 0 unspecified atom stereocenters. The van der Waals surface area contributed by atoms with Crippen LogP contribution >= 0.6 is 23.2 Å². The molecule has 0 spiro atoms. The summed E-state index contributed by atoms with van der Waals surface area (Å²) in [5.41, 5.74) is 6.62. The summed E-state index contributed by atoms with van der Waals surface area (Å²) in [5.74, 6) is -4.17. The van der Waals surface area contributed by atoms with Gasteiger partial charge in [-0.05, 0) is 56.2 Å². The van der Waals surface area contributed by atoms with Crippen LogP contribution < -0.4 is 5.73 Å². The smallest absolute Gasteiger partial charge is 0.306 e. The van der Waals surface area contributed by atoms with E-state index in [9.17, 15) is 28.3 Å². The Morgan fingerprint density at radius 2 is 1.57 bits per heavy atom. The highest BCUT2D eigenvalue weighted by Crippen LogP contribution is 2.36. The number of hydrogen-bond donors (Lipinski definition) is 2. The molecule has 0 radical (unpaired) electrons. The van der Waals surface area contributed by atoms with Gasteiger partial charge in [0.2, 0.25) is 0 Å². The minimum atomic E-state index is -0.833. The highest BCUT2D eigenvalue weighted by atomic mass is 35.5. The first-order chi connectivity index (χ1) is 19.1. The fourth-order valence-corrected chi connectivity index (χ4v) is 5.46. The van der Waals surface area contributed by atoms with Crippen LogP contribution in [0.25, 0.3) is 0 Å². The molecule has 2 aromatic rings. The normalized spacial score (nSPS) is 19.8. The molecule has 2 aliphatic carbocycles. The Balaban J connectivity index is 1.64. The number of amides is 1. The van der Waals surface area contributed by atoms with Crippen molar-refractivity contribution < 1.29 is 28.3 Å². The van der Waals surface area contributed by atoms with Crippen LogP contribution in [-0.2, 0) is 16.1 Å². The van der Waals surface area contributed by atoms with E-state index in [2.05, 4.69) is 4.98 Å². The summed E-state index contributed by atoms with van der Waals surface area (Å²) in [5, 5.41) is 9.29. The van der Waals surface area contributed by atoms with Crippen molar-refractivity contribution in [1.82, 2.24) is 9.88 Å². The Morgan fingerprint density at radius 3 is 2.10 bits per heavy atom. The molecule has 0 aliphatic heterocycles. The molecule has 4 rings (SSSR count).